The summed E-state index contributed by atoms with van der Waals surface area (Å²) in [6.07, 6.45) is -2.08. The van der Waals surface area contributed by atoms with Gasteiger partial charge in [0.25, 0.3) is 5.91 Å². The molecule has 1 aliphatic heterocycles. The number of carbonyl (C=O) groups is 1. The largest absolute Gasteiger partial charge is 0.573 e. The number of rotatable bonds is 7. The summed E-state index contributed by atoms with van der Waals surface area (Å²) in [5.74, 6) is -0.254. The van der Waals surface area contributed by atoms with Gasteiger partial charge >= 0.3 is 6.36 Å². The molecule has 0 radical (unpaired) electrons. The number of aliphatic imine (C=N–C) groups is 3. The zero-order valence-corrected chi connectivity index (χ0v) is 22.0. The minimum absolute atomic E-state index is 0.163. The summed E-state index contributed by atoms with van der Waals surface area (Å²) in [5, 5.41) is 6.50. The van der Waals surface area contributed by atoms with Crippen molar-refractivity contribution in [2.24, 2.45) is 25.8 Å². The third kappa shape index (κ3) is 7.82. The molecule has 0 atom stereocenters. The number of alkyl halides is 3. The molecule has 14 heteroatoms. The van der Waals surface area contributed by atoms with Crippen LogP contribution in [0, 0.1) is 0 Å². The number of nitrogens with two attached hydrogens (primary N) is 1. The molecule has 0 unspecified atom stereocenters. The Morgan fingerprint density at radius 1 is 1.03 bits per heavy atom. The summed E-state index contributed by atoms with van der Waals surface area (Å²) >= 11 is 13.6. The van der Waals surface area contributed by atoms with Crippen LogP contribution in [0.3, 0.4) is 0 Å². The first kappa shape index (κ1) is 28.1. The van der Waals surface area contributed by atoms with Gasteiger partial charge in [-0.05, 0) is 42.0 Å². The molecule has 4 rings (SSSR count). The second kappa shape index (κ2) is 12.3. The summed E-state index contributed by atoms with van der Waals surface area (Å²) in [6, 6.07) is 16.8. The van der Waals surface area contributed by atoms with Crippen LogP contribution < -0.4 is 10.5 Å². The van der Waals surface area contributed by atoms with Gasteiger partial charge in [0, 0.05) is 5.56 Å². The number of hydrogen-bond donors (Lipinski definition) is 1. The highest BCUT2D eigenvalue weighted by atomic mass is 35.5. The number of amidine groups is 2. The molecule has 0 saturated carbocycles. The summed E-state index contributed by atoms with van der Waals surface area (Å²) in [5.41, 5.74) is 7.99. The molecule has 1 fully saturated rings. The van der Waals surface area contributed by atoms with Crippen molar-refractivity contribution in [3.8, 4) is 5.75 Å². The minimum Gasteiger partial charge on any atom is -0.406 e. The van der Waals surface area contributed by atoms with Gasteiger partial charge in [-0.1, -0.05) is 65.3 Å². The number of carbonyl (C=O) groups excluding carboxylic acids is 1. The molecular formula is C25H17Cl2F3N6O2S. The van der Waals surface area contributed by atoms with Crippen molar-refractivity contribution in [2.75, 3.05) is 5.75 Å². The molecule has 39 heavy (non-hydrogen) atoms. The number of benzene rings is 3. The normalized spacial score (nSPS) is 15.7. The van der Waals surface area contributed by atoms with Gasteiger partial charge in [-0.3, -0.25) is 4.79 Å². The van der Waals surface area contributed by atoms with E-state index in [-0.39, 0.29) is 23.2 Å². The molecule has 3 aromatic carbocycles. The standard InChI is InChI=1S/C25H17Cl2F3N6O2S/c26-19-2-1-3-20(27)22(19)35-24-36(21(37)13-39-24)34-12-15-4-6-16(7-5-15)23(31)33-14-32-17-8-10-18(11-9-17)38-25(28,29)30/h1-12,14H,13H2,(H2,31,32,33)/b34-12+,35-24?. The van der Waals surface area contributed by atoms with Gasteiger partial charge in [-0.25, -0.2) is 15.0 Å². The second-order valence-corrected chi connectivity index (χ2v) is 9.38. The Hall–Kier alpha value is -3.87. The van der Waals surface area contributed by atoms with Crippen molar-refractivity contribution in [2.45, 2.75) is 6.36 Å². The monoisotopic (exact) mass is 592 g/mol. The van der Waals surface area contributed by atoms with Gasteiger partial charge in [0.2, 0.25) is 0 Å². The maximum Gasteiger partial charge on any atom is 0.573 e. The van der Waals surface area contributed by atoms with E-state index in [1.807, 2.05) is 0 Å². The maximum absolute atomic E-state index is 12.3. The Morgan fingerprint density at radius 3 is 2.33 bits per heavy atom. The van der Waals surface area contributed by atoms with Gasteiger partial charge in [0.1, 0.15) is 23.6 Å². The lowest BCUT2D eigenvalue weighted by molar-refractivity contribution is -0.274. The fourth-order valence-electron chi connectivity index (χ4n) is 3.07. The van der Waals surface area contributed by atoms with Gasteiger partial charge in [0.15, 0.2) is 5.17 Å². The molecule has 1 heterocycles. The van der Waals surface area contributed by atoms with E-state index < -0.39 is 6.36 Å². The Bertz CT molecular complexity index is 1460. The lowest BCUT2D eigenvalue weighted by Crippen LogP contribution is -2.23. The van der Waals surface area contributed by atoms with Gasteiger partial charge in [0.05, 0.1) is 27.7 Å². The SMILES string of the molecule is NC(=NC=Nc1ccc(OC(F)(F)F)cc1)c1ccc(/C=N/N2C(=O)CSC2=Nc2c(Cl)cccc2Cl)cc1. The summed E-state index contributed by atoms with van der Waals surface area (Å²) in [4.78, 5) is 24.8. The zero-order chi connectivity index (χ0) is 28.0. The molecule has 3 aromatic rings. The van der Waals surface area contributed by atoms with Crippen LogP contribution in [0.15, 0.2) is 86.8 Å². The van der Waals surface area contributed by atoms with Crippen molar-refractivity contribution in [3.63, 3.8) is 0 Å². The lowest BCUT2D eigenvalue weighted by atomic mass is 10.1. The number of ether oxygens (including phenoxy) is 1. The van der Waals surface area contributed by atoms with E-state index in [1.54, 1.807) is 42.5 Å². The van der Waals surface area contributed by atoms with Gasteiger partial charge < -0.3 is 10.5 Å². The van der Waals surface area contributed by atoms with Crippen LogP contribution in [0.2, 0.25) is 10.0 Å². The van der Waals surface area contributed by atoms with Gasteiger partial charge in [-0.15, -0.1) is 13.2 Å². The predicted octanol–water partition coefficient (Wildman–Crippen LogP) is 6.55. The smallest absolute Gasteiger partial charge is 0.406 e. The molecule has 200 valence electrons. The van der Waals surface area contributed by atoms with Crippen molar-refractivity contribution >= 4 is 75.8 Å². The van der Waals surface area contributed by atoms with E-state index in [2.05, 4.69) is 24.8 Å². The topological polar surface area (TPSA) is 105 Å². The molecular weight excluding hydrogens is 576 g/mol. The number of hydrogen-bond acceptors (Lipinski definition) is 6. The number of hydrazone groups is 1. The number of amides is 1. The third-order valence-corrected chi connectivity index (χ3v) is 6.41. The van der Waals surface area contributed by atoms with E-state index in [0.717, 1.165) is 12.1 Å². The number of thioether (sulfide) groups is 1. The van der Waals surface area contributed by atoms with Crippen LogP contribution in [0.25, 0.3) is 0 Å². The van der Waals surface area contributed by atoms with Gasteiger partial charge in [-0.2, -0.15) is 10.1 Å². The van der Waals surface area contributed by atoms with Crippen molar-refractivity contribution in [1.29, 1.82) is 0 Å². The lowest BCUT2D eigenvalue weighted by Gasteiger charge is -2.10. The van der Waals surface area contributed by atoms with E-state index in [1.165, 1.54) is 41.5 Å². The zero-order valence-electron chi connectivity index (χ0n) is 19.6. The molecule has 1 aliphatic rings. The van der Waals surface area contributed by atoms with Crippen LogP contribution in [0.1, 0.15) is 11.1 Å². The summed E-state index contributed by atoms with van der Waals surface area (Å²) < 4.78 is 40.5. The van der Waals surface area contributed by atoms with E-state index >= 15 is 0 Å². The Balaban J connectivity index is 1.41. The first-order valence-electron chi connectivity index (χ1n) is 10.9. The first-order chi connectivity index (χ1) is 18.6. The molecule has 0 aromatic heterocycles. The molecule has 8 nitrogen and oxygen atoms in total. The van der Waals surface area contributed by atoms with Crippen molar-refractivity contribution in [1.82, 2.24) is 5.01 Å². The summed E-state index contributed by atoms with van der Waals surface area (Å²) in [6.45, 7) is 0. The molecule has 0 aliphatic carbocycles. The average Bonchev–Trinajstić information content (AvgIpc) is 3.24. The molecule has 0 spiro atoms. The quantitative estimate of drug-likeness (QED) is 0.248. The first-order valence-corrected chi connectivity index (χ1v) is 12.7. The van der Waals surface area contributed by atoms with Crippen LogP contribution in [0.5, 0.6) is 5.75 Å². The highest BCUT2D eigenvalue weighted by Crippen LogP contribution is 2.35. The Labute approximate surface area is 234 Å². The average molecular weight is 593 g/mol. The Morgan fingerprint density at radius 2 is 1.69 bits per heavy atom. The number of nitrogens with zero attached hydrogens (tertiary/aromatic N) is 5. The molecule has 2 N–H and O–H groups in total. The van der Waals surface area contributed by atoms with Crippen LogP contribution >= 0.6 is 35.0 Å². The number of para-hydroxylation sites is 1. The van der Waals surface area contributed by atoms with E-state index in [4.69, 9.17) is 28.9 Å². The maximum atomic E-state index is 12.3. The summed E-state index contributed by atoms with van der Waals surface area (Å²) in [7, 11) is 0. The predicted molar refractivity (Wildman–Crippen MR) is 149 cm³/mol. The molecule has 0 bridgehead atoms. The fourth-order valence-corrected chi connectivity index (χ4v) is 4.35. The fraction of sp³-hybridized carbons (Fsp3) is 0.0800. The second-order valence-electron chi connectivity index (χ2n) is 7.63. The van der Waals surface area contributed by atoms with Crippen LogP contribution in [-0.2, 0) is 4.79 Å². The highest BCUT2D eigenvalue weighted by molar-refractivity contribution is 8.15. The number of halogens is 5. The Kier molecular flexibility index (Phi) is 8.90. The molecule has 1 amide bonds. The van der Waals surface area contributed by atoms with E-state index in [9.17, 15) is 18.0 Å². The van der Waals surface area contributed by atoms with Crippen molar-refractivity contribution < 1.29 is 22.7 Å². The van der Waals surface area contributed by atoms with Crippen LogP contribution in [0.4, 0.5) is 24.5 Å². The minimum atomic E-state index is -4.77. The van der Waals surface area contributed by atoms with E-state index in [0.29, 0.717) is 37.7 Å². The highest BCUT2D eigenvalue weighted by Gasteiger charge is 2.31. The van der Waals surface area contributed by atoms with Crippen molar-refractivity contribution in [3.05, 3.63) is 87.9 Å². The third-order valence-electron chi connectivity index (χ3n) is 4.89. The van der Waals surface area contributed by atoms with Crippen LogP contribution in [-0.4, -0.2) is 46.6 Å². The molecule has 1 saturated heterocycles.